The Morgan fingerprint density at radius 1 is 1.07 bits per heavy atom. The van der Waals surface area contributed by atoms with Gasteiger partial charge in [-0.3, -0.25) is 4.79 Å². The van der Waals surface area contributed by atoms with E-state index in [4.69, 9.17) is 4.74 Å². The minimum Gasteiger partial charge on any atom is -0.376 e. The molecule has 1 amide bonds. The van der Waals surface area contributed by atoms with Crippen molar-refractivity contribution in [2.45, 2.75) is 31.8 Å². The summed E-state index contributed by atoms with van der Waals surface area (Å²) in [6.07, 6.45) is 4.90. The van der Waals surface area contributed by atoms with E-state index in [2.05, 4.69) is 25.7 Å². The number of hydrogen-bond acceptors (Lipinski definition) is 6. The molecule has 1 atom stereocenters. The molecule has 0 aliphatic carbocycles. The molecule has 1 aromatic carbocycles. The van der Waals surface area contributed by atoms with E-state index in [0.717, 1.165) is 38.2 Å². The normalized spacial score (nSPS) is 19.3. The topological polar surface area (TPSA) is 79.4 Å². The summed E-state index contributed by atoms with van der Waals surface area (Å²) < 4.78 is 5.57. The van der Waals surface area contributed by atoms with Crippen LogP contribution in [-0.4, -0.2) is 48.4 Å². The van der Waals surface area contributed by atoms with Gasteiger partial charge in [0, 0.05) is 37.6 Å². The van der Waals surface area contributed by atoms with Crippen LogP contribution in [0.4, 0.5) is 17.2 Å². The maximum atomic E-state index is 12.4. The van der Waals surface area contributed by atoms with E-state index in [-0.39, 0.29) is 12.0 Å². The highest BCUT2D eigenvalue weighted by molar-refractivity contribution is 6.02. The van der Waals surface area contributed by atoms with Gasteiger partial charge >= 0.3 is 0 Å². The Morgan fingerprint density at radius 3 is 2.56 bits per heavy atom. The van der Waals surface area contributed by atoms with Crippen LogP contribution in [0, 0.1) is 0 Å². The molecule has 0 spiro atoms. The molecule has 2 saturated heterocycles. The third-order valence-electron chi connectivity index (χ3n) is 5.03. The maximum absolute atomic E-state index is 12.4. The molecule has 0 bridgehead atoms. The van der Waals surface area contributed by atoms with Gasteiger partial charge in [-0.05, 0) is 62.1 Å². The van der Waals surface area contributed by atoms with Crippen LogP contribution in [0.2, 0.25) is 0 Å². The predicted molar refractivity (Wildman–Crippen MR) is 105 cm³/mol. The molecule has 3 heterocycles. The fourth-order valence-corrected chi connectivity index (χ4v) is 3.50. The third-order valence-corrected chi connectivity index (χ3v) is 5.03. The van der Waals surface area contributed by atoms with Gasteiger partial charge in [-0.2, -0.15) is 0 Å². The number of ether oxygens (including phenoxy) is 1. The Hall–Kier alpha value is -2.67. The first kappa shape index (κ1) is 17.7. The maximum Gasteiger partial charge on any atom is 0.276 e. The molecule has 2 aromatic rings. The van der Waals surface area contributed by atoms with Crippen LogP contribution < -0.4 is 15.5 Å². The summed E-state index contributed by atoms with van der Waals surface area (Å²) in [4.78, 5) is 14.7. The van der Waals surface area contributed by atoms with Crippen LogP contribution in [0.1, 0.15) is 36.2 Å². The first-order chi connectivity index (χ1) is 13.3. The number of aromatic nitrogens is 2. The fourth-order valence-electron chi connectivity index (χ4n) is 3.50. The van der Waals surface area contributed by atoms with E-state index in [1.807, 2.05) is 24.3 Å². The molecular formula is C20H25N5O2. The van der Waals surface area contributed by atoms with E-state index in [9.17, 15) is 4.79 Å². The molecule has 0 radical (unpaired) electrons. The molecule has 7 nitrogen and oxygen atoms in total. The molecule has 1 unspecified atom stereocenters. The molecule has 2 fully saturated rings. The van der Waals surface area contributed by atoms with Crippen LogP contribution in [0.5, 0.6) is 0 Å². The van der Waals surface area contributed by atoms with Crippen LogP contribution >= 0.6 is 0 Å². The summed E-state index contributed by atoms with van der Waals surface area (Å²) in [5, 5.41) is 14.2. The van der Waals surface area contributed by atoms with Crippen molar-refractivity contribution in [3.63, 3.8) is 0 Å². The number of benzene rings is 1. The molecule has 0 saturated carbocycles. The van der Waals surface area contributed by atoms with E-state index in [1.54, 1.807) is 12.1 Å². The van der Waals surface area contributed by atoms with Crippen molar-refractivity contribution in [1.82, 2.24) is 10.2 Å². The summed E-state index contributed by atoms with van der Waals surface area (Å²) >= 11 is 0. The van der Waals surface area contributed by atoms with Gasteiger partial charge < -0.3 is 20.3 Å². The molecule has 1 aromatic heterocycles. The SMILES string of the molecule is O=C(Nc1ccc(N2CCCC2)cc1)c1ccc(NCC2CCCO2)nn1. The highest BCUT2D eigenvalue weighted by Gasteiger charge is 2.16. The van der Waals surface area contributed by atoms with Crippen LogP contribution in [0.15, 0.2) is 36.4 Å². The second-order valence-corrected chi connectivity index (χ2v) is 7.01. The van der Waals surface area contributed by atoms with Gasteiger partial charge in [-0.25, -0.2) is 0 Å². The van der Waals surface area contributed by atoms with Gasteiger partial charge in [0.1, 0.15) is 5.82 Å². The van der Waals surface area contributed by atoms with Gasteiger partial charge in [0.15, 0.2) is 5.69 Å². The van der Waals surface area contributed by atoms with Gasteiger partial charge in [-0.1, -0.05) is 0 Å². The molecule has 142 valence electrons. The molecule has 2 aliphatic heterocycles. The number of anilines is 3. The zero-order valence-electron chi connectivity index (χ0n) is 15.4. The summed E-state index contributed by atoms with van der Waals surface area (Å²) in [6, 6.07) is 11.4. The largest absolute Gasteiger partial charge is 0.376 e. The number of nitrogens with one attached hydrogen (secondary N) is 2. The first-order valence-corrected chi connectivity index (χ1v) is 9.63. The lowest BCUT2D eigenvalue weighted by molar-refractivity contribution is 0.102. The van der Waals surface area contributed by atoms with Gasteiger partial charge in [-0.15, -0.1) is 10.2 Å². The summed E-state index contributed by atoms with van der Waals surface area (Å²) in [6.45, 7) is 3.75. The minimum atomic E-state index is -0.262. The summed E-state index contributed by atoms with van der Waals surface area (Å²) in [5.74, 6) is 0.388. The molecule has 2 aliphatic rings. The Balaban J connectivity index is 1.30. The number of carbonyl (C=O) groups is 1. The number of hydrogen-bond donors (Lipinski definition) is 2. The van der Waals surface area contributed by atoms with Gasteiger partial charge in [0.25, 0.3) is 5.91 Å². The standard InChI is InChI=1S/C20H25N5O2/c26-20(22-15-5-7-16(8-6-15)25-11-1-2-12-25)18-9-10-19(24-23-18)21-14-17-4-3-13-27-17/h5-10,17H,1-4,11-14H2,(H,21,24)(H,22,26). The average molecular weight is 367 g/mol. The Labute approximate surface area is 159 Å². The lowest BCUT2D eigenvalue weighted by atomic mass is 10.2. The van der Waals surface area contributed by atoms with E-state index in [0.29, 0.717) is 18.1 Å². The summed E-state index contributed by atoms with van der Waals surface area (Å²) in [7, 11) is 0. The lowest BCUT2D eigenvalue weighted by Gasteiger charge is -2.17. The fraction of sp³-hybridized carbons (Fsp3) is 0.450. The Kier molecular flexibility index (Phi) is 5.48. The van der Waals surface area contributed by atoms with Crippen molar-refractivity contribution in [3.05, 3.63) is 42.1 Å². The number of nitrogens with zero attached hydrogens (tertiary/aromatic N) is 3. The highest BCUT2D eigenvalue weighted by Crippen LogP contribution is 2.22. The van der Waals surface area contributed by atoms with Crippen LogP contribution in [0.3, 0.4) is 0 Å². The van der Waals surface area contributed by atoms with Crippen LogP contribution in [0.25, 0.3) is 0 Å². The molecule has 7 heteroatoms. The number of carbonyl (C=O) groups excluding carboxylic acids is 1. The quantitative estimate of drug-likeness (QED) is 0.817. The van der Waals surface area contributed by atoms with E-state index >= 15 is 0 Å². The minimum absolute atomic E-state index is 0.235. The smallest absolute Gasteiger partial charge is 0.276 e. The number of amides is 1. The summed E-state index contributed by atoms with van der Waals surface area (Å²) in [5.41, 5.74) is 2.25. The highest BCUT2D eigenvalue weighted by atomic mass is 16.5. The molecule has 27 heavy (non-hydrogen) atoms. The van der Waals surface area contributed by atoms with Crippen molar-refractivity contribution >= 4 is 23.1 Å². The average Bonchev–Trinajstić information content (AvgIpc) is 3.41. The van der Waals surface area contributed by atoms with E-state index in [1.165, 1.54) is 18.5 Å². The molecule has 4 rings (SSSR count). The predicted octanol–water partition coefficient (Wildman–Crippen LogP) is 2.92. The monoisotopic (exact) mass is 367 g/mol. The zero-order chi connectivity index (χ0) is 18.5. The van der Waals surface area contributed by atoms with Gasteiger partial charge in [0.05, 0.1) is 6.10 Å². The second kappa shape index (κ2) is 8.35. The van der Waals surface area contributed by atoms with Crippen molar-refractivity contribution < 1.29 is 9.53 Å². The molecular weight excluding hydrogens is 342 g/mol. The van der Waals surface area contributed by atoms with Gasteiger partial charge in [0.2, 0.25) is 0 Å². The Morgan fingerprint density at radius 2 is 1.89 bits per heavy atom. The lowest BCUT2D eigenvalue weighted by Crippen LogP contribution is -2.20. The zero-order valence-corrected chi connectivity index (χ0v) is 15.4. The van der Waals surface area contributed by atoms with Crippen molar-refractivity contribution in [2.24, 2.45) is 0 Å². The van der Waals surface area contributed by atoms with Crippen molar-refractivity contribution in [1.29, 1.82) is 0 Å². The molecule has 2 N–H and O–H groups in total. The second-order valence-electron chi connectivity index (χ2n) is 7.01. The third kappa shape index (κ3) is 4.54. The van der Waals surface area contributed by atoms with Crippen molar-refractivity contribution in [3.8, 4) is 0 Å². The first-order valence-electron chi connectivity index (χ1n) is 9.63. The van der Waals surface area contributed by atoms with Crippen LogP contribution in [-0.2, 0) is 4.74 Å². The van der Waals surface area contributed by atoms with Crippen molar-refractivity contribution in [2.75, 3.05) is 41.8 Å². The number of rotatable bonds is 6. The Bertz CT molecular complexity index is 751. The van der Waals surface area contributed by atoms with E-state index < -0.39 is 0 Å².